The number of amides is 1. The predicted octanol–water partition coefficient (Wildman–Crippen LogP) is 2.19. The Labute approximate surface area is 113 Å². The average molecular weight is 267 g/mol. The second kappa shape index (κ2) is 6.27. The lowest BCUT2D eigenvalue weighted by Gasteiger charge is -2.33. The minimum atomic E-state index is 0.131. The first-order valence-corrected chi connectivity index (χ1v) is 7.85. The molecule has 0 saturated carbocycles. The van der Waals surface area contributed by atoms with Crippen LogP contribution in [0.5, 0.6) is 0 Å². The summed E-state index contributed by atoms with van der Waals surface area (Å²) in [5, 5.41) is 4.42. The average Bonchev–Trinajstić information content (AvgIpc) is 2.94. The predicted molar refractivity (Wildman–Crippen MR) is 74.7 cm³/mol. The summed E-state index contributed by atoms with van der Waals surface area (Å²) in [6.07, 6.45) is 8.79. The maximum Gasteiger partial charge on any atom is 0.235 e. The fraction of sp³-hybridized carbons (Fsp3) is 0.692. The van der Waals surface area contributed by atoms with Crippen molar-refractivity contribution in [1.82, 2.24) is 14.7 Å². The zero-order valence-electron chi connectivity index (χ0n) is 11.1. The smallest absolute Gasteiger partial charge is 0.235 e. The molecule has 1 fully saturated rings. The molecule has 0 bridgehead atoms. The van der Waals surface area contributed by atoms with E-state index in [1.54, 1.807) is 11.8 Å². The summed E-state index contributed by atoms with van der Waals surface area (Å²) in [7, 11) is 0. The minimum absolute atomic E-state index is 0.131. The van der Waals surface area contributed by atoms with Crippen molar-refractivity contribution in [3.63, 3.8) is 0 Å². The highest BCUT2D eigenvalue weighted by Gasteiger charge is 2.27. The third kappa shape index (κ3) is 2.88. The van der Waals surface area contributed by atoms with E-state index in [-0.39, 0.29) is 5.25 Å². The van der Waals surface area contributed by atoms with Gasteiger partial charge < -0.3 is 4.90 Å². The van der Waals surface area contributed by atoms with Crippen molar-refractivity contribution in [2.45, 2.75) is 37.5 Å². The van der Waals surface area contributed by atoms with E-state index in [1.807, 2.05) is 34.3 Å². The minimum Gasteiger partial charge on any atom is -0.342 e. The topological polar surface area (TPSA) is 38.1 Å². The van der Waals surface area contributed by atoms with Crippen LogP contribution < -0.4 is 0 Å². The summed E-state index contributed by atoms with van der Waals surface area (Å²) in [6.45, 7) is 3.80. The highest BCUT2D eigenvalue weighted by molar-refractivity contribution is 7.99. The fourth-order valence-electron chi connectivity index (χ4n) is 2.49. The Morgan fingerprint density at radius 1 is 1.50 bits per heavy atom. The molecule has 0 aliphatic carbocycles. The third-order valence-electron chi connectivity index (χ3n) is 3.61. The Balaban J connectivity index is 1.88. The number of thioether (sulfide) groups is 1. The summed E-state index contributed by atoms with van der Waals surface area (Å²) in [5.74, 6) is 0.309. The number of hydrogen-bond acceptors (Lipinski definition) is 3. The maximum atomic E-state index is 12.2. The van der Waals surface area contributed by atoms with Gasteiger partial charge in [0, 0.05) is 25.5 Å². The maximum absolute atomic E-state index is 12.2. The van der Waals surface area contributed by atoms with Gasteiger partial charge in [0.25, 0.3) is 0 Å². The van der Waals surface area contributed by atoms with Crippen LogP contribution in [0.15, 0.2) is 18.5 Å². The van der Waals surface area contributed by atoms with E-state index >= 15 is 0 Å². The summed E-state index contributed by atoms with van der Waals surface area (Å²) in [6, 6.07) is 2.41. The van der Waals surface area contributed by atoms with Gasteiger partial charge in [-0.25, -0.2) is 0 Å². The van der Waals surface area contributed by atoms with Crippen LogP contribution in [0.1, 0.15) is 32.2 Å². The Hall–Kier alpha value is -0.970. The van der Waals surface area contributed by atoms with Gasteiger partial charge in [0.15, 0.2) is 0 Å². The third-order valence-corrected chi connectivity index (χ3v) is 4.71. The lowest BCUT2D eigenvalue weighted by molar-refractivity contribution is -0.131. The van der Waals surface area contributed by atoms with Crippen molar-refractivity contribution in [2.75, 3.05) is 19.3 Å². The van der Waals surface area contributed by atoms with E-state index in [4.69, 9.17) is 0 Å². The Morgan fingerprint density at radius 3 is 2.72 bits per heavy atom. The van der Waals surface area contributed by atoms with Gasteiger partial charge >= 0.3 is 0 Å². The number of nitrogens with zero attached hydrogens (tertiary/aromatic N) is 3. The molecule has 1 saturated heterocycles. The normalized spacial score (nSPS) is 18.9. The van der Waals surface area contributed by atoms with Crippen LogP contribution in [0.25, 0.3) is 0 Å². The molecule has 0 aromatic carbocycles. The van der Waals surface area contributed by atoms with Gasteiger partial charge in [0.1, 0.15) is 0 Å². The molecule has 2 heterocycles. The Morgan fingerprint density at radius 2 is 2.22 bits per heavy atom. The van der Waals surface area contributed by atoms with Gasteiger partial charge in [0.2, 0.25) is 5.91 Å². The fourth-order valence-corrected chi connectivity index (χ4v) is 3.18. The molecule has 4 nitrogen and oxygen atoms in total. The molecule has 18 heavy (non-hydrogen) atoms. The van der Waals surface area contributed by atoms with Crippen LogP contribution in [0, 0.1) is 0 Å². The number of piperidine rings is 1. The molecule has 5 heteroatoms. The van der Waals surface area contributed by atoms with Crippen LogP contribution in [0.4, 0.5) is 0 Å². The van der Waals surface area contributed by atoms with Crippen molar-refractivity contribution in [3.8, 4) is 0 Å². The standard InChI is InChI=1S/C13H21N3OS/c1-3-12(18-2)13(17)15-9-5-11(6-10-15)16-8-4-7-14-16/h4,7-8,11-12H,3,5-6,9-10H2,1-2H3. The molecule has 1 aliphatic rings. The summed E-state index contributed by atoms with van der Waals surface area (Å²) in [4.78, 5) is 14.3. The molecule has 1 aromatic heterocycles. The molecule has 1 amide bonds. The highest BCUT2D eigenvalue weighted by atomic mass is 32.2. The Bertz CT molecular complexity index is 368. The summed E-state index contributed by atoms with van der Waals surface area (Å²) in [5.41, 5.74) is 0. The lowest BCUT2D eigenvalue weighted by Crippen LogP contribution is -2.43. The number of aromatic nitrogens is 2. The second-order valence-electron chi connectivity index (χ2n) is 4.68. The van der Waals surface area contributed by atoms with Crippen molar-refractivity contribution < 1.29 is 4.79 Å². The molecule has 0 radical (unpaired) electrons. The first kappa shape index (κ1) is 13.5. The molecule has 1 aromatic rings. The van der Waals surface area contributed by atoms with E-state index in [9.17, 15) is 4.79 Å². The molecular formula is C13H21N3OS. The first-order chi connectivity index (χ1) is 8.76. The Kier molecular flexibility index (Phi) is 4.69. The van der Waals surface area contributed by atoms with Crippen LogP contribution in [-0.2, 0) is 4.79 Å². The van der Waals surface area contributed by atoms with Crippen LogP contribution in [-0.4, -0.2) is 45.2 Å². The summed E-state index contributed by atoms with van der Waals surface area (Å²) >= 11 is 1.66. The van der Waals surface area contributed by atoms with Gasteiger partial charge in [-0.05, 0) is 31.6 Å². The summed E-state index contributed by atoms with van der Waals surface area (Å²) < 4.78 is 2.02. The van der Waals surface area contributed by atoms with E-state index in [0.29, 0.717) is 11.9 Å². The molecule has 1 aliphatic heterocycles. The molecule has 0 N–H and O–H groups in total. The van der Waals surface area contributed by atoms with Gasteiger partial charge in [-0.2, -0.15) is 16.9 Å². The number of likely N-dealkylation sites (tertiary alicyclic amines) is 1. The van der Waals surface area contributed by atoms with E-state index in [0.717, 1.165) is 32.4 Å². The highest BCUT2D eigenvalue weighted by Crippen LogP contribution is 2.24. The molecule has 100 valence electrons. The first-order valence-electron chi connectivity index (χ1n) is 6.57. The quantitative estimate of drug-likeness (QED) is 0.839. The van der Waals surface area contributed by atoms with Crippen LogP contribution in [0.3, 0.4) is 0 Å². The lowest BCUT2D eigenvalue weighted by atomic mass is 10.0. The van der Waals surface area contributed by atoms with Crippen LogP contribution >= 0.6 is 11.8 Å². The monoisotopic (exact) mass is 267 g/mol. The molecular weight excluding hydrogens is 246 g/mol. The zero-order valence-corrected chi connectivity index (χ0v) is 11.9. The van der Waals surface area contributed by atoms with Crippen LogP contribution in [0.2, 0.25) is 0 Å². The van der Waals surface area contributed by atoms with Gasteiger partial charge in [-0.15, -0.1) is 0 Å². The number of rotatable bonds is 4. The van der Waals surface area contributed by atoms with Crippen molar-refractivity contribution in [2.24, 2.45) is 0 Å². The zero-order chi connectivity index (χ0) is 13.0. The van der Waals surface area contributed by atoms with Gasteiger partial charge in [-0.1, -0.05) is 6.92 Å². The second-order valence-corrected chi connectivity index (χ2v) is 5.72. The van der Waals surface area contributed by atoms with E-state index < -0.39 is 0 Å². The molecule has 1 atom stereocenters. The number of carbonyl (C=O) groups is 1. The SMILES string of the molecule is CCC(SC)C(=O)N1CCC(n2cccn2)CC1. The van der Waals surface area contributed by atoms with E-state index in [1.165, 1.54) is 0 Å². The van der Waals surface area contributed by atoms with Crippen molar-refractivity contribution in [3.05, 3.63) is 18.5 Å². The molecule has 2 rings (SSSR count). The van der Waals surface area contributed by atoms with Gasteiger partial charge in [-0.3, -0.25) is 9.48 Å². The van der Waals surface area contributed by atoms with Gasteiger partial charge in [0.05, 0.1) is 11.3 Å². The number of hydrogen-bond donors (Lipinski definition) is 0. The molecule has 1 unspecified atom stereocenters. The van der Waals surface area contributed by atoms with Crippen molar-refractivity contribution in [1.29, 1.82) is 0 Å². The largest absolute Gasteiger partial charge is 0.342 e. The van der Waals surface area contributed by atoms with E-state index in [2.05, 4.69) is 12.0 Å². The van der Waals surface area contributed by atoms with Crippen molar-refractivity contribution >= 4 is 17.7 Å². The molecule has 0 spiro atoms. The number of carbonyl (C=O) groups excluding carboxylic acids is 1.